The molecule has 0 aliphatic heterocycles. The SMILES string of the molecule is C=CC(=C)[Si](OC(C)C)(OC(C)C)OC(C)C. The summed E-state index contributed by atoms with van der Waals surface area (Å²) < 4.78 is 17.8. The van der Waals surface area contributed by atoms with Gasteiger partial charge in [0.25, 0.3) is 0 Å². The van der Waals surface area contributed by atoms with Crippen molar-refractivity contribution in [3.63, 3.8) is 0 Å². The normalized spacial score (nSPS) is 12.5. The minimum absolute atomic E-state index is 0.0240. The molecule has 0 amide bonds. The molecule has 0 rings (SSSR count). The Hall–Kier alpha value is -0.423. The van der Waals surface area contributed by atoms with Gasteiger partial charge in [-0.3, -0.25) is 0 Å². The van der Waals surface area contributed by atoms with Gasteiger partial charge in [-0.25, -0.2) is 0 Å². The molecule has 0 heterocycles. The first kappa shape index (κ1) is 16.6. The lowest BCUT2D eigenvalue weighted by Gasteiger charge is -2.34. The second-order valence-corrected chi connectivity index (χ2v) is 7.25. The summed E-state index contributed by atoms with van der Waals surface area (Å²) in [4.78, 5) is 0. The minimum Gasteiger partial charge on any atom is -0.368 e. The van der Waals surface area contributed by atoms with E-state index in [1.165, 1.54) is 0 Å². The van der Waals surface area contributed by atoms with E-state index in [0.29, 0.717) is 5.20 Å². The minimum atomic E-state index is -2.90. The van der Waals surface area contributed by atoms with Gasteiger partial charge in [0, 0.05) is 23.5 Å². The van der Waals surface area contributed by atoms with Crippen molar-refractivity contribution in [3.05, 3.63) is 24.4 Å². The quantitative estimate of drug-likeness (QED) is 0.493. The fourth-order valence-electron chi connectivity index (χ4n) is 1.37. The summed E-state index contributed by atoms with van der Waals surface area (Å²) in [6.45, 7) is 19.5. The molecule has 0 fully saturated rings. The monoisotopic (exact) mass is 258 g/mol. The van der Waals surface area contributed by atoms with Crippen molar-refractivity contribution in [3.8, 4) is 0 Å². The van der Waals surface area contributed by atoms with Gasteiger partial charge in [0.05, 0.1) is 0 Å². The van der Waals surface area contributed by atoms with E-state index >= 15 is 0 Å². The summed E-state index contributed by atoms with van der Waals surface area (Å²) >= 11 is 0. The second-order valence-electron chi connectivity index (χ2n) is 4.79. The van der Waals surface area contributed by atoms with E-state index in [0.717, 1.165) is 0 Å². The number of hydrogen-bond donors (Lipinski definition) is 0. The van der Waals surface area contributed by atoms with Gasteiger partial charge < -0.3 is 13.3 Å². The van der Waals surface area contributed by atoms with Gasteiger partial charge in [-0.1, -0.05) is 19.2 Å². The number of allylic oxidation sites excluding steroid dienone is 2. The molecule has 0 N–H and O–H groups in total. The zero-order valence-corrected chi connectivity index (χ0v) is 12.9. The van der Waals surface area contributed by atoms with E-state index in [1.807, 2.05) is 41.5 Å². The van der Waals surface area contributed by atoms with E-state index in [4.69, 9.17) is 13.3 Å². The van der Waals surface area contributed by atoms with Gasteiger partial charge in [0.15, 0.2) is 0 Å². The maximum Gasteiger partial charge on any atom is 0.537 e. The topological polar surface area (TPSA) is 27.7 Å². The summed E-state index contributed by atoms with van der Waals surface area (Å²) in [5.74, 6) is 0. The van der Waals surface area contributed by atoms with Gasteiger partial charge >= 0.3 is 8.80 Å². The van der Waals surface area contributed by atoms with Crippen molar-refractivity contribution in [1.82, 2.24) is 0 Å². The van der Waals surface area contributed by atoms with Crippen LogP contribution in [0, 0.1) is 0 Å². The van der Waals surface area contributed by atoms with Crippen LogP contribution in [-0.2, 0) is 13.3 Å². The molecule has 4 heteroatoms. The smallest absolute Gasteiger partial charge is 0.368 e. The molecule has 0 saturated heterocycles. The van der Waals surface area contributed by atoms with Crippen LogP contribution < -0.4 is 0 Å². The molecule has 0 radical (unpaired) electrons. The summed E-state index contributed by atoms with van der Waals surface area (Å²) in [6, 6.07) is 0. The Morgan fingerprint density at radius 3 is 1.35 bits per heavy atom. The van der Waals surface area contributed by atoms with E-state index in [9.17, 15) is 0 Å². The highest BCUT2D eigenvalue weighted by atomic mass is 28.4. The molecule has 0 aromatic heterocycles. The van der Waals surface area contributed by atoms with Gasteiger partial charge in [0.1, 0.15) is 0 Å². The highest BCUT2D eigenvalue weighted by Crippen LogP contribution is 2.24. The third-order valence-electron chi connectivity index (χ3n) is 1.81. The molecule has 0 aliphatic rings. The molecule has 0 bridgehead atoms. The Bertz CT molecular complexity index is 233. The molecule has 0 aromatic rings. The van der Waals surface area contributed by atoms with Gasteiger partial charge in [0.2, 0.25) is 0 Å². The fourth-order valence-corrected chi connectivity index (χ4v) is 4.10. The molecule has 0 atom stereocenters. The van der Waals surface area contributed by atoms with E-state index in [-0.39, 0.29) is 18.3 Å². The van der Waals surface area contributed by atoms with Gasteiger partial charge in [-0.05, 0) is 41.5 Å². The van der Waals surface area contributed by atoms with Crippen molar-refractivity contribution in [2.45, 2.75) is 59.9 Å². The first-order valence-electron chi connectivity index (χ1n) is 6.08. The van der Waals surface area contributed by atoms with Crippen LogP contribution in [0.15, 0.2) is 24.4 Å². The lowest BCUT2D eigenvalue weighted by molar-refractivity contribution is 0.0120. The maximum atomic E-state index is 5.94. The average molecular weight is 258 g/mol. The molecule has 0 aliphatic carbocycles. The third kappa shape index (κ3) is 5.63. The van der Waals surface area contributed by atoms with Crippen LogP contribution in [0.3, 0.4) is 0 Å². The zero-order chi connectivity index (χ0) is 13.6. The molecule has 0 aromatic carbocycles. The first-order valence-corrected chi connectivity index (χ1v) is 7.81. The number of rotatable bonds is 8. The maximum absolute atomic E-state index is 5.94. The van der Waals surface area contributed by atoms with E-state index in [1.54, 1.807) is 6.08 Å². The van der Waals surface area contributed by atoms with E-state index < -0.39 is 8.80 Å². The van der Waals surface area contributed by atoms with Crippen molar-refractivity contribution < 1.29 is 13.3 Å². The Morgan fingerprint density at radius 2 is 1.18 bits per heavy atom. The van der Waals surface area contributed by atoms with Gasteiger partial charge in [-0.2, -0.15) is 0 Å². The van der Waals surface area contributed by atoms with Crippen LogP contribution in [0.4, 0.5) is 0 Å². The molecule has 0 saturated carbocycles. The third-order valence-corrected chi connectivity index (χ3v) is 5.15. The summed E-state index contributed by atoms with van der Waals surface area (Å²) in [6.07, 6.45) is 1.74. The van der Waals surface area contributed by atoms with Crippen molar-refractivity contribution in [1.29, 1.82) is 0 Å². The highest BCUT2D eigenvalue weighted by molar-refractivity contribution is 6.69. The van der Waals surface area contributed by atoms with Crippen LogP contribution in [0.5, 0.6) is 0 Å². The van der Waals surface area contributed by atoms with Crippen molar-refractivity contribution >= 4 is 8.80 Å². The van der Waals surface area contributed by atoms with Crippen LogP contribution in [0.25, 0.3) is 0 Å². The van der Waals surface area contributed by atoms with Gasteiger partial charge in [-0.15, -0.1) is 0 Å². The predicted octanol–water partition coefficient (Wildman–Crippen LogP) is 3.48. The van der Waals surface area contributed by atoms with Crippen LogP contribution >= 0.6 is 0 Å². The lowest BCUT2D eigenvalue weighted by Crippen LogP contribution is -2.52. The van der Waals surface area contributed by atoms with Crippen molar-refractivity contribution in [2.75, 3.05) is 0 Å². The Labute approximate surface area is 107 Å². The standard InChI is InChI=1S/C13H26O3Si/c1-9-13(8)17(14-10(2)3,15-11(4)5)16-12(6)7/h9-12H,1,8H2,2-7H3. The predicted molar refractivity (Wildman–Crippen MR) is 73.8 cm³/mol. The summed E-state index contributed by atoms with van der Waals surface area (Å²) in [5, 5.41) is 0.716. The first-order chi connectivity index (χ1) is 7.73. The molecule has 100 valence electrons. The molecule has 3 nitrogen and oxygen atoms in total. The average Bonchev–Trinajstić information content (AvgIpc) is 2.12. The van der Waals surface area contributed by atoms with Crippen LogP contribution in [0.1, 0.15) is 41.5 Å². The fraction of sp³-hybridized carbons (Fsp3) is 0.692. The van der Waals surface area contributed by atoms with E-state index in [2.05, 4.69) is 13.2 Å². The summed E-state index contributed by atoms with van der Waals surface area (Å²) in [7, 11) is -2.90. The zero-order valence-electron chi connectivity index (χ0n) is 11.9. The number of hydrogen-bond acceptors (Lipinski definition) is 3. The summed E-state index contributed by atoms with van der Waals surface area (Å²) in [5.41, 5.74) is 0. The Balaban J connectivity index is 5.18. The highest BCUT2D eigenvalue weighted by Gasteiger charge is 2.46. The van der Waals surface area contributed by atoms with Crippen LogP contribution in [0.2, 0.25) is 0 Å². The molecule has 17 heavy (non-hydrogen) atoms. The van der Waals surface area contributed by atoms with Crippen molar-refractivity contribution in [2.24, 2.45) is 0 Å². The molecule has 0 unspecified atom stereocenters. The lowest BCUT2D eigenvalue weighted by atomic mass is 10.5. The second kappa shape index (κ2) is 7.11. The molecule has 0 spiro atoms. The Kier molecular flexibility index (Phi) is 6.93. The molecular formula is C13H26O3Si. The largest absolute Gasteiger partial charge is 0.537 e. The molecular weight excluding hydrogens is 232 g/mol. The Morgan fingerprint density at radius 1 is 0.882 bits per heavy atom. The van der Waals surface area contributed by atoms with Crippen LogP contribution in [-0.4, -0.2) is 27.1 Å².